The topological polar surface area (TPSA) is 27.1 Å². The van der Waals surface area contributed by atoms with Crippen LogP contribution in [0.5, 0.6) is 5.75 Å². The molecule has 3 aromatic carbocycles. The Morgan fingerprint density at radius 1 is 0.722 bits per heavy atom. The summed E-state index contributed by atoms with van der Waals surface area (Å²) >= 11 is 18.1. The maximum Gasteiger partial charge on any atom is 0.435 e. The molecule has 1 aromatic heterocycles. The van der Waals surface area contributed by atoms with Crippen molar-refractivity contribution in [2.24, 2.45) is 0 Å². The molecule has 3 nitrogen and oxygen atoms in total. The van der Waals surface area contributed by atoms with Gasteiger partial charge in [0.1, 0.15) is 18.0 Å². The number of ether oxygens (including phenoxy) is 1. The van der Waals surface area contributed by atoms with Gasteiger partial charge < -0.3 is 4.74 Å². The van der Waals surface area contributed by atoms with Crippen molar-refractivity contribution in [2.75, 3.05) is 0 Å². The van der Waals surface area contributed by atoms with Crippen molar-refractivity contribution in [1.82, 2.24) is 9.78 Å². The zero-order valence-corrected chi connectivity index (χ0v) is 20.0. The van der Waals surface area contributed by atoms with E-state index in [9.17, 15) is 26.3 Å². The van der Waals surface area contributed by atoms with Gasteiger partial charge in [0.25, 0.3) is 0 Å². The number of hydrogen-bond donors (Lipinski definition) is 0. The van der Waals surface area contributed by atoms with E-state index in [1.54, 1.807) is 18.2 Å². The number of aromatic nitrogens is 2. The van der Waals surface area contributed by atoms with E-state index in [-0.39, 0.29) is 28.0 Å². The molecule has 188 valence electrons. The van der Waals surface area contributed by atoms with E-state index in [0.29, 0.717) is 16.9 Å². The molecule has 12 heteroatoms. The number of benzene rings is 3. The summed E-state index contributed by atoms with van der Waals surface area (Å²) in [7, 11) is 0. The third-order valence-electron chi connectivity index (χ3n) is 5.07. The minimum absolute atomic E-state index is 0.0379. The highest BCUT2D eigenvalue weighted by molar-refractivity contribution is 6.37. The second-order valence-electron chi connectivity index (χ2n) is 7.51. The number of alkyl halides is 6. The lowest BCUT2D eigenvalue weighted by Crippen LogP contribution is -2.09. The molecular weight excluding hydrogens is 553 g/mol. The van der Waals surface area contributed by atoms with E-state index in [1.165, 1.54) is 36.4 Å². The molecule has 0 saturated heterocycles. The van der Waals surface area contributed by atoms with Crippen LogP contribution >= 0.6 is 34.8 Å². The molecule has 0 fully saturated rings. The number of halogens is 9. The fourth-order valence-corrected chi connectivity index (χ4v) is 4.22. The lowest BCUT2D eigenvalue weighted by Gasteiger charge is -2.13. The van der Waals surface area contributed by atoms with Crippen LogP contribution in [0.3, 0.4) is 0 Å². The number of nitrogens with zero attached hydrogens (tertiary/aromatic N) is 2. The number of para-hydroxylation sites is 1. The van der Waals surface area contributed by atoms with E-state index in [0.717, 1.165) is 16.8 Å². The van der Waals surface area contributed by atoms with Gasteiger partial charge in [-0.2, -0.15) is 31.4 Å². The molecular formula is C24H13Cl3F6N2O. The molecule has 0 N–H and O–H groups in total. The second kappa shape index (κ2) is 9.88. The molecule has 0 spiro atoms. The Hall–Kier alpha value is -2.88. The van der Waals surface area contributed by atoms with Crippen molar-refractivity contribution in [3.05, 3.63) is 98.7 Å². The molecule has 0 radical (unpaired) electrons. The Bertz CT molecular complexity index is 1380. The van der Waals surface area contributed by atoms with E-state index in [2.05, 4.69) is 5.10 Å². The van der Waals surface area contributed by atoms with Crippen LogP contribution in [0.4, 0.5) is 26.3 Å². The van der Waals surface area contributed by atoms with Crippen molar-refractivity contribution in [1.29, 1.82) is 0 Å². The molecule has 0 aliphatic carbocycles. The van der Waals surface area contributed by atoms with Gasteiger partial charge in [0.05, 0.1) is 26.3 Å². The summed E-state index contributed by atoms with van der Waals surface area (Å²) in [5, 5.41) is 3.38. The average Bonchev–Trinajstić information content (AvgIpc) is 3.21. The molecule has 0 amide bonds. The molecule has 0 aliphatic heterocycles. The largest absolute Gasteiger partial charge is 0.487 e. The molecule has 0 aliphatic rings. The molecule has 0 atom stereocenters. The SMILES string of the molecule is FC(F)(F)c1cc(COc2ccc(-c3ccc(C(F)(F)F)c(Cl)c3)cc2)n(-c2c(Cl)cccc2Cl)n1. The zero-order valence-electron chi connectivity index (χ0n) is 17.8. The quantitative estimate of drug-likeness (QED) is 0.226. The zero-order chi connectivity index (χ0) is 26.3. The van der Waals surface area contributed by atoms with E-state index >= 15 is 0 Å². The second-order valence-corrected chi connectivity index (χ2v) is 8.73. The summed E-state index contributed by atoms with van der Waals surface area (Å²) in [5.74, 6) is 0.295. The smallest absolute Gasteiger partial charge is 0.435 e. The molecule has 1 heterocycles. The highest BCUT2D eigenvalue weighted by Crippen LogP contribution is 2.37. The van der Waals surface area contributed by atoms with Gasteiger partial charge in [-0.3, -0.25) is 0 Å². The van der Waals surface area contributed by atoms with Gasteiger partial charge in [0, 0.05) is 0 Å². The van der Waals surface area contributed by atoms with Crippen LogP contribution in [0.15, 0.2) is 66.7 Å². The Kier molecular flexibility index (Phi) is 7.19. The molecule has 4 aromatic rings. The summed E-state index contributed by atoms with van der Waals surface area (Å²) in [5.41, 5.74) is -0.973. The fourth-order valence-electron chi connectivity index (χ4n) is 3.37. The van der Waals surface area contributed by atoms with Crippen molar-refractivity contribution < 1.29 is 31.1 Å². The summed E-state index contributed by atoms with van der Waals surface area (Å²) < 4.78 is 85.4. The number of hydrogen-bond acceptors (Lipinski definition) is 2. The van der Waals surface area contributed by atoms with Crippen LogP contribution in [0.2, 0.25) is 15.1 Å². The van der Waals surface area contributed by atoms with Crippen molar-refractivity contribution >= 4 is 34.8 Å². The third-order valence-corrected chi connectivity index (χ3v) is 5.99. The third kappa shape index (κ3) is 5.58. The molecule has 4 rings (SSSR count). The van der Waals surface area contributed by atoms with Gasteiger partial charge in [0.15, 0.2) is 5.69 Å². The van der Waals surface area contributed by atoms with Gasteiger partial charge in [-0.05, 0) is 53.6 Å². The first-order valence-corrected chi connectivity index (χ1v) is 11.2. The lowest BCUT2D eigenvalue weighted by atomic mass is 10.0. The first-order valence-electron chi connectivity index (χ1n) is 10.0. The summed E-state index contributed by atoms with van der Waals surface area (Å²) in [6, 6.07) is 14.9. The Morgan fingerprint density at radius 2 is 1.33 bits per heavy atom. The van der Waals surface area contributed by atoms with Gasteiger partial charge >= 0.3 is 12.4 Å². The first kappa shape index (κ1) is 26.2. The van der Waals surface area contributed by atoms with Gasteiger partial charge in [-0.25, -0.2) is 4.68 Å². The molecule has 36 heavy (non-hydrogen) atoms. The Balaban J connectivity index is 1.58. The normalized spacial score (nSPS) is 12.1. The predicted octanol–water partition coefficient (Wildman–Crippen LogP) is 9.12. The van der Waals surface area contributed by atoms with Crippen LogP contribution < -0.4 is 4.74 Å². The number of rotatable bonds is 5. The van der Waals surface area contributed by atoms with Crippen molar-refractivity contribution in [2.45, 2.75) is 19.0 Å². The molecule has 0 bridgehead atoms. The highest BCUT2D eigenvalue weighted by Gasteiger charge is 2.36. The van der Waals surface area contributed by atoms with Gasteiger partial charge in [-0.15, -0.1) is 0 Å². The van der Waals surface area contributed by atoms with Crippen molar-refractivity contribution in [3.63, 3.8) is 0 Å². The fraction of sp³-hybridized carbons (Fsp3) is 0.125. The van der Waals surface area contributed by atoms with Gasteiger partial charge in [0.2, 0.25) is 0 Å². The summed E-state index contributed by atoms with van der Waals surface area (Å²) in [6.07, 6.45) is -9.28. The first-order chi connectivity index (χ1) is 16.8. The van der Waals surface area contributed by atoms with Crippen LogP contribution in [-0.2, 0) is 19.0 Å². The Morgan fingerprint density at radius 3 is 1.89 bits per heavy atom. The summed E-state index contributed by atoms with van der Waals surface area (Å²) in [6.45, 7) is -0.309. The summed E-state index contributed by atoms with van der Waals surface area (Å²) in [4.78, 5) is 0. The molecule has 0 unspecified atom stereocenters. The predicted molar refractivity (Wildman–Crippen MR) is 125 cm³/mol. The minimum atomic E-state index is -4.71. The van der Waals surface area contributed by atoms with Crippen LogP contribution in [0.25, 0.3) is 16.8 Å². The maximum atomic E-state index is 13.3. The minimum Gasteiger partial charge on any atom is -0.487 e. The van der Waals surface area contributed by atoms with E-state index in [1.807, 2.05) is 0 Å². The van der Waals surface area contributed by atoms with E-state index < -0.39 is 28.6 Å². The van der Waals surface area contributed by atoms with E-state index in [4.69, 9.17) is 39.5 Å². The van der Waals surface area contributed by atoms with Crippen LogP contribution in [0.1, 0.15) is 17.0 Å². The monoisotopic (exact) mass is 564 g/mol. The lowest BCUT2D eigenvalue weighted by molar-refractivity contribution is -0.141. The molecule has 0 saturated carbocycles. The maximum absolute atomic E-state index is 13.3. The Labute approximate surface area is 215 Å². The van der Waals surface area contributed by atoms with Crippen LogP contribution in [-0.4, -0.2) is 9.78 Å². The standard InChI is InChI=1S/C24H13Cl3F6N2O/c25-18-2-1-3-19(26)22(18)35-15(11-21(34-35)24(31,32)33)12-36-16-7-4-13(5-8-16)14-6-9-17(20(27)10-14)23(28,29)30/h1-11H,12H2. The average molecular weight is 566 g/mol. The highest BCUT2D eigenvalue weighted by atomic mass is 35.5. The van der Waals surface area contributed by atoms with Gasteiger partial charge in [-0.1, -0.05) is 59.1 Å². The van der Waals surface area contributed by atoms with Crippen LogP contribution in [0, 0.1) is 0 Å². The van der Waals surface area contributed by atoms with Crippen molar-refractivity contribution in [3.8, 4) is 22.6 Å².